The smallest absolute Gasteiger partial charge is 0.326 e. The molecule has 32 heavy (non-hydrogen) atoms. The predicted octanol–water partition coefficient (Wildman–Crippen LogP) is -0.449. The first-order valence-corrected chi connectivity index (χ1v) is 12.1. The number of amides is 3. The van der Waals surface area contributed by atoms with E-state index in [9.17, 15) is 29.1 Å². The van der Waals surface area contributed by atoms with Gasteiger partial charge in [-0.15, -0.1) is 0 Å². The molecule has 1 heterocycles. The number of rotatable bonds is 14. The van der Waals surface area contributed by atoms with Gasteiger partial charge in [-0.3, -0.25) is 19.2 Å². The van der Waals surface area contributed by atoms with Crippen molar-refractivity contribution in [2.75, 3.05) is 18.6 Å². The van der Waals surface area contributed by atoms with E-state index in [2.05, 4.69) is 21.3 Å². The Bertz CT molecular complexity index is 685. The molecule has 1 aliphatic heterocycles. The predicted molar refractivity (Wildman–Crippen MR) is 119 cm³/mol. The molecule has 3 amide bonds. The van der Waals surface area contributed by atoms with Gasteiger partial charge < -0.3 is 31.5 Å². The highest BCUT2D eigenvalue weighted by molar-refractivity contribution is 7.98. The third-order valence-corrected chi connectivity index (χ3v) is 6.05. The summed E-state index contributed by atoms with van der Waals surface area (Å²) < 4.78 is 0. The molecular weight excluding hydrogens is 440 g/mol. The van der Waals surface area contributed by atoms with Gasteiger partial charge in [-0.2, -0.15) is 11.8 Å². The minimum absolute atomic E-state index is 0.277. The minimum Gasteiger partial charge on any atom is -0.481 e. The molecule has 5 atom stereocenters. The van der Waals surface area contributed by atoms with Gasteiger partial charge in [-0.1, -0.05) is 20.3 Å². The van der Waals surface area contributed by atoms with Crippen molar-refractivity contribution in [1.29, 1.82) is 0 Å². The molecule has 0 spiro atoms. The van der Waals surface area contributed by atoms with E-state index >= 15 is 0 Å². The molecule has 0 aromatic heterocycles. The Labute approximate surface area is 191 Å². The van der Waals surface area contributed by atoms with Crippen molar-refractivity contribution >= 4 is 41.4 Å². The van der Waals surface area contributed by atoms with Crippen LogP contribution < -0.4 is 21.3 Å². The summed E-state index contributed by atoms with van der Waals surface area (Å²) in [6.07, 6.45) is 3.50. The first-order chi connectivity index (χ1) is 15.1. The molecule has 0 radical (unpaired) electrons. The van der Waals surface area contributed by atoms with Crippen LogP contribution in [0.25, 0.3) is 0 Å². The molecule has 0 bridgehead atoms. The SMILES string of the molecule is CCC(C)C(NC(=O)C(CCSC)NC(=O)C1CCCN1)C(=O)NC(CC(=O)O)C(=O)O. The van der Waals surface area contributed by atoms with Crippen LogP contribution in [0.2, 0.25) is 0 Å². The largest absolute Gasteiger partial charge is 0.481 e. The monoisotopic (exact) mass is 474 g/mol. The molecule has 6 N–H and O–H groups in total. The highest BCUT2D eigenvalue weighted by atomic mass is 32.2. The third kappa shape index (κ3) is 9.03. The fraction of sp³-hybridized carbons (Fsp3) is 0.750. The normalized spacial score (nSPS) is 19.3. The van der Waals surface area contributed by atoms with E-state index in [1.807, 2.05) is 13.2 Å². The van der Waals surface area contributed by atoms with Crippen LogP contribution in [-0.2, 0) is 24.0 Å². The van der Waals surface area contributed by atoms with Crippen molar-refractivity contribution < 1.29 is 34.2 Å². The number of carbonyl (C=O) groups excluding carboxylic acids is 3. The summed E-state index contributed by atoms with van der Waals surface area (Å²) >= 11 is 1.51. The van der Waals surface area contributed by atoms with Gasteiger partial charge in [-0.05, 0) is 43.7 Å². The van der Waals surface area contributed by atoms with Crippen molar-refractivity contribution in [3.8, 4) is 0 Å². The van der Waals surface area contributed by atoms with Crippen molar-refractivity contribution in [1.82, 2.24) is 21.3 Å². The van der Waals surface area contributed by atoms with Gasteiger partial charge >= 0.3 is 11.9 Å². The molecule has 0 aromatic rings. The minimum atomic E-state index is -1.62. The molecule has 11 nitrogen and oxygen atoms in total. The topological polar surface area (TPSA) is 174 Å². The van der Waals surface area contributed by atoms with Crippen LogP contribution in [0.5, 0.6) is 0 Å². The van der Waals surface area contributed by atoms with Gasteiger partial charge in [0.15, 0.2) is 0 Å². The van der Waals surface area contributed by atoms with Crippen LogP contribution in [-0.4, -0.2) is 82.6 Å². The standard InChI is InChI=1S/C20H34N4O7S/c1-4-11(2)16(19(29)23-14(20(30)31)10-15(25)26)24-18(28)13(7-9-32-3)22-17(27)12-6-5-8-21-12/h11-14,16,21H,4-10H2,1-3H3,(H,22,27)(H,23,29)(H,24,28)(H,25,26)(H,30,31). The average molecular weight is 475 g/mol. The zero-order valence-electron chi connectivity index (χ0n) is 18.7. The number of carbonyl (C=O) groups is 5. The summed E-state index contributed by atoms with van der Waals surface area (Å²) in [5.74, 6) is -4.21. The molecule has 5 unspecified atom stereocenters. The Morgan fingerprint density at radius 3 is 2.25 bits per heavy atom. The van der Waals surface area contributed by atoms with Crippen LogP contribution in [0.1, 0.15) is 46.0 Å². The molecule has 12 heteroatoms. The van der Waals surface area contributed by atoms with Gasteiger partial charge in [-0.25, -0.2) is 4.79 Å². The highest BCUT2D eigenvalue weighted by Crippen LogP contribution is 2.11. The van der Waals surface area contributed by atoms with E-state index in [-0.39, 0.29) is 17.9 Å². The summed E-state index contributed by atoms with van der Waals surface area (Å²) in [5.41, 5.74) is 0. The van der Waals surface area contributed by atoms with Gasteiger partial charge in [0.05, 0.1) is 12.5 Å². The summed E-state index contributed by atoms with van der Waals surface area (Å²) in [4.78, 5) is 60.5. The van der Waals surface area contributed by atoms with E-state index in [0.717, 1.165) is 13.0 Å². The Morgan fingerprint density at radius 1 is 1.06 bits per heavy atom. The lowest BCUT2D eigenvalue weighted by Crippen LogP contribution is -2.58. The maximum atomic E-state index is 13.0. The fourth-order valence-corrected chi connectivity index (χ4v) is 3.75. The second-order valence-electron chi connectivity index (χ2n) is 7.86. The zero-order chi connectivity index (χ0) is 24.3. The number of aliphatic carboxylic acids is 2. The zero-order valence-corrected chi connectivity index (χ0v) is 19.5. The number of carboxylic acid groups (broad SMARTS) is 2. The molecule has 182 valence electrons. The van der Waals surface area contributed by atoms with Gasteiger partial charge in [0.25, 0.3) is 0 Å². The maximum absolute atomic E-state index is 13.0. The van der Waals surface area contributed by atoms with Gasteiger partial charge in [0.2, 0.25) is 17.7 Å². The lowest BCUT2D eigenvalue weighted by atomic mass is 9.97. The van der Waals surface area contributed by atoms with Crippen molar-refractivity contribution in [2.24, 2.45) is 5.92 Å². The summed E-state index contributed by atoms with van der Waals surface area (Å²) in [5, 5.41) is 28.7. The summed E-state index contributed by atoms with van der Waals surface area (Å²) in [6.45, 7) is 4.26. The Hall–Kier alpha value is -2.34. The molecule has 1 saturated heterocycles. The Balaban J connectivity index is 2.92. The Morgan fingerprint density at radius 2 is 1.75 bits per heavy atom. The van der Waals surface area contributed by atoms with Gasteiger partial charge in [0, 0.05) is 0 Å². The van der Waals surface area contributed by atoms with Crippen molar-refractivity contribution in [2.45, 2.75) is 70.1 Å². The molecule has 0 aliphatic carbocycles. The van der Waals surface area contributed by atoms with Crippen LogP contribution in [0.3, 0.4) is 0 Å². The lowest BCUT2D eigenvalue weighted by Gasteiger charge is -2.28. The highest BCUT2D eigenvalue weighted by Gasteiger charge is 2.33. The van der Waals surface area contributed by atoms with E-state index in [1.165, 1.54) is 11.8 Å². The number of thioether (sulfide) groups is 1. The summed E-state index contributed by atoms with van der Waals surface area (Å²) in [6, 6.07) is -3.92. The van der Waals surface area contributed by atoms with E-state index in [1.54, 1.807) is 6.92 Å². The Kier molecular flexibility index (Phi) is 12.1. The van der Waals surface area contributed by atoms with Crippen LogP contribution in [0.4, 0.5) is 0 Å². The molecular formula is C20H34N4O7S. The molecule has 0 aromatic carbocycles. The maximum Gasteiger partial charge on any atom is 0.326 e. The number of hydrogen-bond acceptors (Lipinski definition) is 7. The van der Waals surface area contributed by atoms with Gasteiger partial charge in [0.1, 0.15) is 18.1 Å². The number of nitrogens with one attached hydrogen (secondary N) is 4. The first-order valence-electron chi connectivity index (χ1n) is 10.7. The van der Waals surface area contributed by atoms with E-state index in [4.69, 9.17) is 5.11 Å². The van der Waals surface area contributed by atoms with Crippen molar-refractivity contribution in [3.63, 3.8) is 0 Å². The van der Waals surface area contributed by atoms with Crippen LogP contribution in [0.15, 0.2) is 0 Å². The fourth-order valence-electron chi connectivity index (χ4n) is 3.28. The van der Waals surface area contributed by atoms with Crippen molar-refractivity contribution in [3.05, 3.63) is 0 Å². The number of hydrogen-bond donors (Lipinski definition) is 6. The number of carboxylic acids is 2. The molecule has 0 saturated carbocycles. The third-order valence-electron chi connectivity index (χ3n) is 5.41. The average Bonchev–Trinajstić information content (AvgIpc) is 3.28. The quantitative estimate of drug-likeness (QED) is 0.195. The summed E-state index contributed by atoms with van der Waals surface area (Å²) in [7, 11) is 0. The lowest BCUT2D eigenvalue weighted by molar-refractivity contribution is -0.147. The van der Waals surface area contributed by atoms with Crippen LogP contribution >= 0.6 is 11.8 Å². The second kappa shape index (κ2) is 13.9. The van der Waals surface area contributed by atoms with Crippen LogP contribution in [0, 0.1) is 5.92 Å². The molecule has 1 fully saturated rings. The first kappa shape index (κ1) is 27.7. The molecule has 1 rings (SSSR count). The second-order valence-corrected chi connectivity index (χ2v) is 8.85. The molecule has 1 aliphatic rings. The van der Waals surface area contributed by atoms with E-state index in [0.29, 0.717) is 25.0 Å². The van der Waals surface area contributed by atoms with E-state index < -0.39 is 48.3 Å².